The van der Waals surface area contributed by atoms with Crippen LogP contribution in [0.25, 0.3) is 0 Å². The van der Waals surface area contributed by atoms with Crippen molar-refractivity contribution in [3.8, 4) is 0 Å². The number of carbonyl (C=O) groups excluding carboxylic acids is 7. The predicted molar refractivity (Wildman–Crippen MR) is 585 cm³/mol. The molecular formula is C127H155NO15. The van der Waals surface area contributed by atoms with Crippen molar-refractivity contribution in [1.29, 1.82) is 0 Å². The van der Waals surface area contributed by atoms with E-state index in [2.05, 4.69) is 71.8 Å². The summed E-state index contributed by atoms with van der Waals surface area (Å²) in [6, 6.07) is 55.3. The van der Waals surface area contributed by atoms with Crippen molar-refractivity contribution < 1.29 is 71.1 Å². The van der Waals surface area contributed by atoms with Crippen LogP contribution in [-0.4, -0.2) is 71.2 Å². The van der Waals surface area contributed by atoms with Gasteiger partial charge in [-0.2, -0.15) is 0 Å². The number of esters is 7. The van der Waals surface area contributed by atoms with Gasteiger partial charge in [0, 0.05) is 69.3 Å². The zero-order chi connectivity index (χ0) is 106. The van der Waals surface area contributed by atoms with Gasteiger partial charge in [-0.3, -0.25) is 4.98 Å². The molecule has 9 aromatic carbocycles. The number of hydrogen-bond donors (Lipinski definition) is 0. The Morgan fingerprint density at radius 3 is 0.881 bits per heavy atom. The molecule has 0 saturated heterocycles. The molecule has 11 rings (SSSR count). The van der Waals surface area contributed by atoms with E-state index in [1.807, 2.05) is 316 Å². The number of pyridine rings is 1. The van der Waals surface area contributed by atoms with Crippen LogP contribution in [0.3, 0.4) is 0 Å². The summed E-state index contributed by atoms with van der Waals surface area (Å²) >= 11 is 0. The molecule has 0 N–H and O–H groups in total. The predicted octanol–water partition coefficient (Wildman–Crippen LogP) is 31.8. The fourth-order valence-corrected chi connectivity index (χ4v) is 17.7. The minimum Gasteiger partial charge on any atom is -0.465 e. The van der Waals surface area contributed by atoms with Gasteiger partial charge in [-0.15, -0.1) is 46.1 Å². The van der Waals surface area contributed by atoms with Gasteiger partial charge in [-0.25, -0.2) is 33.6 Å². The van der Waals surface area contributed by atoms with Crippen LogP contribution in [0.2, 0.25) is 0 Å². The SMILES string of the molecule is C=CC[C@@H](C)OC(=O)c1c(C)cc(C)cc1C.C=CC[C@@H](CCC)OC(=O)c1c(C)cc(C)cc1C.C=CC[C@@H](Cc1ccccc1)OC(=O)c1c(C)cc(C)cc1C.C=CC[C@@H](OC(=O)c1c(C)cc(C)cc1C)c1ccccc1.C=CC[C@@H](OC(=O)c1c(C)cc(C)cc1C)c1cccnc1.C=CC[C@H](OC(=O)c1c(C)cc(C)cc1C)C(C)C.C=CC[C@H](OC(=O)c1c(C)cc(C)cc1C)c1ccco1. The highest BCUT2D eigenvalue weighted by Gasteiger charge is 2.28. The largest absolute Gasteiger partial charge is 0.465 e. The molecule has 2 aromatic heterocycles. The molecule has 0 spiro atoms. The lowest BCUT2D eigenvalue weighted by molar-refractivity contribution is 0.0188. The van der Waals surface area contributed by atoms with Crippen molar-refractivity contribution in [1.82, 2.24) is 4.98 Å². The molecule has 0 aliphatic rings. The highest BCUT2D eigenvalue weighted by molar-refractivity contribution is 5.97. The molecule has 0 aliphatic heterocycles. The molecule has 16 nitrogen and oxygen atoms in total. The van der Waals surface area contributed by atoms with E-state index < -0.39 is 6.10 Å². The van der Waals surface area contributed by atoms with Gasteiger partial charge in [0.2, 0.25) is 0 Å². The van der Waals surface area contributed by atoms with Gasteiger partial charge in [0.1, 0.15) is 42.4 Å². The number of rotatable bonds is 36. The van der Waals surface area contributed by atoms with Crippen LogP contribution in [0, 0.1) is 151 Å². The number of aryl methyl sites for hydroxylation is 21. The molecule has 16 heteroatoms. The first-order chi connectivity index (χ1) is 67.9. The van der Waals surface area contributed by atoms with Gasteiger partial charge in [0.15, 0.2) is 6.10 Å². The smallest absolute Gasteiger partial charge is 0.339 e. The Kier molecular flexibility index (Phi) is 50.8. The van der Waals surface area contributed by atoms with Crippen LogP contribution in [-0.2, 0) is 39.6 Å². The van der Waals surface area contributed by atoms with Crippen molar-refractivity contribution in [3.05, 3.63) is 455 Å². The molecular weight excluding hydrogens is 1780 g/mol. The lowest BCUT2D eigenvalue weighted by Gasteiger charge is -2.21. The monoisotopic (exact) mass is 1930 g/mol. The van der Waals surface area contributed by atoms with Gasteiger partial charge in [-0.1, -0.05) is 260 Å². The Morgan fingerprint density at radius 1 is 0.301 bits per heavy atom. The van der Waals surface area contributed by atoms with Crippen LogP contribution in [0.5, 0.6) is 0 Å². The molecule has 0 unspecified atom stereocenters. The Balaban J connectivity index is 0.000000294. The van der Waals surface area contributed by atoms with E-state index in [1.165, 1.54) is 5.56 Å². The first-order valence-corrected chi connectivity index (χ1v) is 49.2. The summed E-state index contributed by atoms with van der Waals surface area (Å²) in [6.45, 7) is 75.5. The molecule has 2 heterocycles. The highest BCUT2D eigenvalue weighted by atomic mass is 16.6. The maximum atomic E-state index is 12.6. The van der Waals surface area contributed by atoms with Gasteiger partial charge >= 0.3 is 41.8 Å². The second-order valence-corrected chi connectivity index (χ2v) is 37.4. The number of furan rings is 1. The van der Waals surface area contributed by atoms with Crippen molar-refractivity contribution in [2.45, 2.75) is 280 Å². The number of ether oxygens (including phenoxy) is 7. The topological polar surface area (TPSA) is 210 Å². The lowest BCUT2D eigenvalue weighted by atomic mass is 9.99. The van der Waals surface area contributed by atoms with Crippen LogP contribution in [0.1, 0.15) is 316 Å². The first kappa shape index (κ1) is 119. The van der Waals surface area contributed by atoms with Crippen molar-refractivity contribution in [2.24, 2.45) is 5.92 Å². The first-order valence-electron chi connectivity index (χ1n) is 49.2. The van der Waals surface area contributed by atoms with Gasteiger partial charge in [0.05, 0.1) is 45.2 Å². The number of hydrogen-bond acceptors (Lipinski definition) is 16. The minimum atomic E-state index is -0.440. The second-order valence-electron chi connectivity index (χ2n) is 37.4. The number of nitrogens with zero attached hydrogens (tertiary/aromatic N) is 1. The van der Waals surface area contributed by atoms with Crippen molar-refractivity contribution in [3.63, 3.8) is 0 Å². The van der Waals surface area contributed by atoms with Gasteiger partial charge < -0.3 is 37.6 Å². The van der Waals surface area contributed by atoms with E-state index in [0.717, 1.165) is 141 Å². The zero-order valence-electron chi connectivity index (χ0n) is 89.6. The Morgan fingerprint density at radius 2 is 0.580 bits per heavy atom. The molecule has 0 saturated carbocycles. The second kappa shape index (κ2) is 60.9. The highest BCUT2D eigenvalue weighted by Crippen LogP contribution is 2.33. The minimum absolute atomic E-state index is 0.0601. The fraction of sp³-hybridized carbons (Fsp3) is 0.339. The molecule has 758 valence electrons. The summed E-state index contributed by atoms with van der Waals surface area (Å²) in [5.74, 6) is -0.911. The zero-order valence-corrected chi connectivity index (χ0v) is 89.6. The maximum Gasteiger partial charge on any atom is 0.339 e. The summed E-state index contributed by atoms with van der Waals surface area (Å²) in [7, 11) is 0. The Labute approximate surface area is 854 Å². The van der Waals surface area contributed by atoms with Gasteiger partial charge in [-0.05, 0) is 272 Å². The van der Waals surface area contributed by atoms with E-state index in [4.69, 9.17) is 37.6 Å². The van der Waals surface area contributed by atoms with Crippen molar-refractivity contribution in [2.75, 3.05) is 0 Å². The molecule has 0 fully saturated rings. The summed E-state index contributed by atoms with van der Waals surface area (Å²) in [5.41, 5.74) is 29.2. The van der Waals surface area contributed by atoms with Crippen LogP contribution in [0.4, 0.5) is 0 Å². The van der Waals surface area contributed by atoms with E-state index >= 15 is 0 Å². The average molecular weight is 1940 g/mol. The number of carbonyl (C=O) groups is 7. The van der Waals surface area contributed by atoms with E-state index in [9.17, 15) is 33.6 Å². The molecule has 0 radical (unpaired) electrons. The molecule has 7 atom stereocenters. The van der Waals surface area contributed by atoms with Crippen LogP contribution < -0.4 is 0 Å². The molecule has 0 amide bonds. The van der Waals surface area contributed by atoms with Crippen LogP contribution >= 0.6 is 0 Å². The average Bonchev–Trinajstić information content (AvgIpc) is 1.80. The van der Waals surface area contributed by atoms with Crippen molar-refractivity contribution >= 4 is 41.8 Å². The third-order valence-electron chi connectivity index (χ3n) is 23.7. The summed E-state index contributed by atoms with van der Waals surface area (Å²) < 4.78 is 44.8. The van der Waals surface area contributed by atoms with E-state index in [0.29, 0.717) is 96.1 Å². The van der Waals surface area contributed by atoms with Crippen LogP contribution in [0.15, 0.2) is 282 Å². The quantitative estimate of drug-likeness (QED) is 0.0203. The fourth-order valence-electron chi connectivity index (χ4n) is 17.7. The Bertz CT molecular complexity index is 5830. The Hall–Kier alpha value is -14.1. The number of aromatic nitrogens is 1. The summed E-state index contributed by atoms with van der Waals surface area (Å²) in [5, 5.41) is 0. The summed E-state index contributed by atoms with van der Waals surface area (Å²) in [4.78, 5) is 91.0. The van der Waals surface area contributed by atoms with E-state index in [1.54, 1.807) is 67.2 Å². The van der Waals surface area contributed by atoms with Gasteiger partial charge in [0.25, 0.3) is 0 Å². The molecule has 143 heavy (non-hydrogen) atoms. The lowest BCUT2D eigenvalue weighted by Crippen LogP contribution is -2.24. The molecule has 0 bridgehead atoms. The van der Waals surface area contributed by atoms with E-state index in [-0.39, 0.29) is 84.3 Å². The number of benzene rings is 9. The summed E-state index contributed by atoms with van der Waals surface area (Å²) in [6.07, 6.45) is 22.8. The standard InChI is InChI=1S/C21H24O2.C20H22O2.C19H21NO2.C18H20O3.2C17H24O2.C15H20O2/c1-5-9-19(14-18-10-7-6-8-11-18)23-21(22)20-16(3)12-15(2)13-17(20)4;1-5-9-18(17-10-7-6-8-11-17)22-20(21)19-15(3)12-14(2)13-16(19)4;1-5-7-17(16-8-6-9-20-12-16)22-19(21)18-14(3)10-13(2)11-15(18)4;1-5-7-16(15-8-6-9-20-15)21-18(19)17-13(3)10-12(2)11-14(17)4;1-7-8-15(11(2)3)19-17(18)16-13(5)9-12(4)10-14(16)6;1-6-8-15(9-7-2)19-17(18)16-13(4)10-12(3)11-14(16)5;1-6-7-13(5)17-15(16)14-11(3)8-10(2)9-12(14)4/h5-8,10-13,19H,1,9,14H2,2-4H3;5-8,10-13,18H,1,9H2,2-4H3;5-6,8-12,17H,1,7H2,2-4H3;5-6,8-11,16H,1,7H2,2-4H3;7,9-11,15H,1,8H2,2-6H3;6,10-11,15H,1,7-9H2,2-5H3;6,8-9,13H,1,7H2,2-5H3/t19-;18-;17-;16-;2*15-;13-/m0110001/s1. The third kappa shape index (κ3) is 38.7. The normalized spacial score (nSPS) is 11.9. The third-order valence-corrected chi connectivity index (χ3v) is 23.7. The maximum absolute atomic E-state index is 12.6. The molecule has 0 aliphatic carbocycles. The molecule has 11 aromatic rings.